The molecule has 1 aromatic carbocycles. The number of unbranched alkanes of at least 4 members (excludes halogenated alkanes) is 1. The molecule has 0 saturated carbocycles. The Morgan fingerprint density at radius 2 is 1.93 bits per heavy atom. The van der Waals surface area contributed by atoms with Gasteiger partial charge in [-0.15, -0.1) is 0 Å². The van der Waals surface area contributed by atoms with Crippen LogP contribution in [0.1, 0.15) is 44.6 Å². The Labute approximate surface area is 163 Å². The van der Waals surface area contributed by atoms with Crippen LogP contribution < -0.4 is 4.74 Å². The normalized spacial score (nSPS) is 16.5. The second-order valence-electron chi connectivity index (χ2n) is 7.53. The molecule has 0 amide bonds. The van der Waals surface area contributed by atoms with Crippen molar-refractivity contribution >= 4 is 13.1 Å². The quantitative estimate of drug-likeness (QED) is 0.338. The summed E-state index contributed by atoms with van der Waals surface area (Å²) in [6, 6.07) is 7.98. The molecule has 1 aliphatic heterocycles. The third-order valence-electron chi connectivity index (χ3n) is 5.38. The van der Waals surface area contributed by atoms with Gasteiger partial charge in [0.2, 0.25) is 0 Å². The summed E-state index contributed by atoms with van der Waals surface area (Å²) >= 11 is 0. The number of piperidine rings is 1. The second kappa shape index (κ2) is 11.9. The molecule has 1 heterocycles. The molecule has 6 heteroatoms. The monoisotopic (exact) mass is 373 g/mol. The molecule has 5 nitrogen and oxygen atoms in total. The van der Waals surface area contributed by atoms with Gasteiger partial charge in [0.05, 0.1) is 13.0 Å². The summed E-state index contributed by atoms with van der Waals surface area (Å²) in [7, 11) is 2.43. The molecule has 1 saturated heterocycles. The Morgan fingerprint density at radius 3 is 2.56 bits per heavy atom. The smallest absolute Gasteiger partial charge is 0.0553 e. The zero-order chi connectivity index (χ0) is 19.5. The summed E-state index contributed by atoms with van der Waals surface area (Å²) in [5, 5.41) is 0. The minimum atomic E-state index is -0.176. The molecular formula is C21H32BNO4. The Balaban J connectivity index is 1.58. The van der Waals surface area contributed by atoms with Gasteiger partial charge < -0.3 is 4.74 Å². The van der Waals surface area contributed by atoms with E-state index < -0.39 is 0 Å². The zero-order valence-corrected chi connectivity index (χ0v) is 16.7. The zero-order valence-electron chi connectivity index (χ0n) is 16.7. The molecule has 1 aromatic rings. The van der Waals surface area contributed by atoms with Gasteiger partial charge in [0.15, 0.2) is 0 Å². The van der Waals surface area contributed by atoms with E-state index in [9.17, 15) is 9.50 Å². The molecule has 1 fully saturated rings. The minimum Gasteiger partial charge on any atom is -0.0553 e. The van der Waals surface area contributed by atoms with Crippen molar-refractivity contribution in [3.8, 4) is 5.75 Å². The number of nitrogens with zero attached hydrogens (tertiary/aromatic N) is 1. The van der Waals surface area contributed by atoms with Gasteiger partial charge in [-0.25, -0.2) is 0 Å². The van der Waals surface area contributed by atoms with E-state index in [4.69, 9.17) is 9.47 Å². The maximum atomic E-state index is 11.5. The standard InChI is InChI=1S/C21H32BNO4/c1-17(21(24)26-2)15-19-6-8-20(9-7-19)27-14-4-3-5-18-10-12-23(13-11-18)16-22-25/h6-9,17-18H,3-5,10-16H2,1-2H3. The first-order valence-corrected chi connectivity index (χ1v) is 10.1. The predicted octanol–water partition coefficient (Wildman–Crippen LogP) is 3.31. The van der Waals surface area contributed by atoms with Crippen molar-refractivity contribution in [2.45, 2.75) is 45.4 Å². The summed E-state index contributed by atoms with van der Waals surface area (Å²) in [6.07, 6.45) is 7.19. The number of likely N-dealkylation sites (tertiary alicyclic amines) is 1. The Bertz CT molecular complexity index is 570. The number of ether oxygens (including phenoxy) is 2. The molecule has 148 valence electrons. The third-order valence-corrected chi connectivity index (χ3v) is 5.38. The van der Waals surface area contributed by atoms with E-state index in [-0.39, 0.29) is 11.9 Å². The molecular weight excluding hydrogens is 341 g/mol. The number of methoxy groups -OCH3 is 1. The number of benzene rings is 1. The van der Waals surface area contributed by atoms with Gasteiger partial charge in [0.1, 0.15) is 0 Å². The van der Waals surface area contributed by atoms with Crippen molar-refractivity contribution < 1.29 is 19.0 Å². The van der Waals surface area contributed by atoms with Crippen LogP contribution in [0, 0.1) is 11.8 Å². The minimum absolute atomic E-state index is 0.132. The molecule has 1 aliphatic rings. The topological polar surface area (TPSA) is 55.8 Å². The molecule has 1 atom stereocenters. The van der Waals surface area contributed by atoms with Crippen LogP contribution in [-0.2, 0) is 20.7 Å². The van der Waals surface area contributed by atoms with E-state index in [1.165, 1.54) is 32.8 Å². The number of rotatable bonds is 11. The van der Waals surface area contributed by atoms with Crippen molar-refractivity contribution in [1.82, 2.24) is 4.90 Å². The summed E-state index contributed by atoms with van der Waals surface area (Å²) in [5.74, 6) is 1.37. The van der Waals surface area contributed by atoms with Gasteiger partial charge in [-0.05, 0) is 12.0 Å². The van der Waals surface area contributed by atoms with Gasteiger partial charge >= 0.3 is 110 Å². The number of carbonyl (C=O) groups is 1. The van der Waals surface area contributed by atoms with E-state index in [1.54, 1.807) is 0 Å². The van der Waals surface area contributed by atoms with E-state index in [2.05, 4.69) is 4.90 Å². The van der Waals surface area contributed by atoms with Crippen LogP contribution >= 0.6 is 0 Å². The number of hydrogen-bond donors (Lipinski definition) is 0. The molecule has 0 aromatic heterocycles. The van der Waals surface area contributed by atoms with Gasteiger partial charge in [-0.1, -0.05) is 19.1 Å². The van der Waals surface area contributed by atoms with E-state index in [0.717, 1.165) is 50.5 Å². The van der Waals surface area contributed by atoms with E-state index >= 15 is 0 Å². The molecule has 1 unspecified atom stereocenters. The fourth-order valence-electron chi connectivity index (χ4n) is 3.65. The number of hydrogen-bond acceptors (Lipinski definition) is 5. The number of carbonyl (C=O) groups excluding carboxylic acids is 1. The van der Waals surface area contributed by atoms with E-state index in [1.807, 2.05) is 31.2 Å². The fraction of sp³-hybridized carbons (Fsp3) is 0.667. The Morgan fingerprint density at radius 1 is 1.22 bits per heavy atom. The summed E-state index contributed by atoms with van der Waals surface area (Å²) in [6.45, 7) is 4.73. The average Bonchev–Trinajstić information content (AvgIpc) is 2.69. The summed E-state index contributed by atoms with van der Waals surface area (Å²) in [5.41, 5.74) is 1.11. The molecule has 0 spiro atoms. The van der Waals surface area contributed by atoms with Crippen LogP contribution in [0.25, 0.3) is 0 Å². The molecule has 0 bridgehead atoms. The van der Waals surface area contributed by atoms with Gasteiger partial charge in [0.25, 0.3) is 0 Å². The Hall–Kier alpha value is -1.69. The van der Waals surface area contributed by atoms with Gasteiger partial charge in [-0.2, -0.15) is 0 Å². The van der Waals surface area contributed by atoms with Crippen LogP contribution in [0.3, 0.4) is 0 Å². The van der Waals surface area contributed by atoms with Crippen LogP contribution in [0.15, 0.2) is 24.3 Å². The fourth-order valence-corrected chi connectivity index (χ4v) is 3.65. The molecule has 2 rings (SSSR count). The van der Waals surface area contributed by atoms with Crippen molar-refractivity contribution in [3.05, 3.63) is 29.8 Å². The summed E-state index contributed by atoms with van der Waals surface area (Å²) in [4.78, 5) is 13.7. The predicted molar refractivity (Wildman–Crippen MR) is 106 cm³/mol. The first kappa shape index (κ1) is 21.6. The second-order valence-corrected chi connectivity index (χ2v) is 7.53. The number of esters is 1. The van der Waals surface area contributed by atoms with Crippen molar-refractivity contribution in [1.29, 1.82) is 0 Å². The SMILES string of the molecule is COC(=O)C(C)Cc1ccc(OCCCCC2CCN(CB=O)CC2)cc1. The molecule has 27 heavy (non-hydrogen) atoms. The van der Waals surface area contributed by atoms with Crippen LogP contribution in [0.4, 0.5) is 0 Å². The average molecular weight is 373 g/mol. The first-order valence-electron chi connectivity index (χ1n) is 10.1. The van der Waals surface area contributed by atoms with Gasteiger partial charge in [0, 0.05) is 0 Å². The van der Waals surface area contributed by atoms with Crippen molar-refractivity contribution in [2.24, 2.45) is 11.8 Å². The van der Waals surface area contributed by atoms with Crippen LogP contribution in [0.2, 0.25) is 0 Å². The van der Waals surface area contributed by atoms with Crippen LogP contribution in [-0.4, -0.2) is 51.3 Å². The molecule has 0 aliphatic carbocycles. The molecule has 0 N–H and O–H groups in total. The first-order chi connectivity index (χ1) is 13.1. The third kappa shape index (κ3) is 7.83. The molecule has 0 radical (unpaired) electrons. The van der Waals surface area contributed by atoms with Gasteiger partial charge in [-0.3, -0.25) is 4.79 Å². The van der Waals surface area contributed by atoms with Crippen molar-refractivity contribution in [3.63, 3.8) is 0 Å². The van der Waals surface area contributed by atoms with Crippen molar-refractivity contribution in [2.75, 3.05) is 33.3 Å². The Kier molecular flexibility index (Phi) is 9.53. The van der Waals surface area contributed by atoms with E-state index in [0.29, 0.717) is 12.9 Å². The summed E-state index contributed by atoms with van der Waals surface area (Å²) < 4.78 is 21.1. The van der Waals surface area contributed by atoms with Crippen LogP contribution in [0.5, 0.6) is 5.75 Å². The maximum absolute atomic E-state index is 11.5.